The van der Waals surface area contributed by atoms with E-state index in [1.807, 2.05) is 19.0 Å². The molecule has 1 fully saturated rings. The van der Waals surface area contributed by atoms with Crippen molar-refractivity contribution in [3.05, 3.63) is 66.0 Å². The van der Waals surface area contributed by atoms with Crippen molar-refractivity contribution in [1.29, 1.82) is 0 Å². The molecular weight excluding hydrogens is 613 g/mol. The number of halogens is 4. The number of aromatic amines is 1. The molecule has 0 saturated carbocycles. The third kappa shape index (κ3) is 8.60. The highest BCUT2D eigenvalue weighted by atomic mass is 35.5. The first-order chi connectivity index (χ1) is 21.1. The van der Waals surface area contributed by atoms with Crippen LogP contribution in [0.4, 0.5) is 24.8 Å². The van der Waals surface area contributed by atoms with Crippen molar-refractivity contribution in [2.45, 2.75) is 37.9 Å². The second-order valence-electron chi connectivity index (χ2n) is 10.8. The molecule has 2 amide bonds. The molecule has 1 atom stereocenters. The largest absolute Gasteiger partial charge is 0.456 e. The van der Waals surface area contributed by atoms with Gasteiger partial charge in [-0.15, -0.1) is 12.4 Å². The number of benzene rings is 1. The summed E-state index contributed by atoms with van der Waals surface area (Å²) in [7, 11) is 3.98. The fourth-order valence-corrected chi connectivity index (χ4v) is 5.00. The van der Waals surface area contributed by atoms with Crippen LogP contribution in [0.25, 0.3) is 11.0 Å². The third-order valence-corrected chi connectivity index (χ3v) is 7.21. The molecule has 45 heavy (non-hydrogen) atoms. The van der Waals surface area contributed by atoms with Gasteiger partial charge in [-0.1, -0.05) is 0 Å². The molecule has 1 aliphatic heterocycles. The van der Waals surface area contributed by atoms with Crippen LogP contribution in [-0.4, -0.2) is 81.6 Å². The number of H-pyrrole nitrogens is 1. The van der Waals surface area contributed by atoms with Gasteiger partial charge in [0.05, 0.1) is 5.56 Å². The maximum absolute atomic E-state index is 13.0. The first-order valence-electron chi connectivity index (χ1n) is 14.2. The summed E-state index contributed by atoms with van der Waals surface area (Å²) in [5, 5.41) is 13.8. The van der Waals surface area contributed by atoms with Crippen LogP contribution in [0.1, 0.15) is 41.6 Å². The van der Waals surface area contributed by atoms with Gasteiger partial charge in [-0.25, -0.2) is 9.97 Å². The zero-order chi connectivity index (χ0) is 31.3. The number of piperidine rings is 1. The number of amides is 2. The second-order valence-corrected chi connectivity index (χ2v) is 10.8. The summed E-state index contributed by atoms with van der Waals surface area (Å²) in [5.74, 6) is 0.779. The number of rotatable bonds is 10. The summed E-state index contributed by atoms with van der Waals surface area (Å²) in [4.78, 5) is 37.5. The summed E-state index contributed by atoms with van der Waals surface area (Å²) in [6, 6.07) is 9.46. The second kappa shape index (κ2) is 14.6. The number of carbonyl (C=O) groups excluding carboxylic acids is 2. The summed E-state index contributed by atoms with van der Waals surface area (Å²) >= 11 is 0. The van der Waals surface area contributed by atoms with Crippen molar-refractivity contribution in [2.24, 2.45) is 0 Å². The van der Waals surface area contributed by atoms with Gasteiger partial charge in [0.2, 0.25) is 5.91 Å². The number of anilines is 2. The van der Waals surface area contributed by atoms with Crippen molar-refractivity contribution in [2.75, 3.05) is 44.4 Å². The van der Waals surface area contributed by atoms with Gasteiger partial charge in [0.1, 0.15) is 22.7 Å². The Labute approximate surface area is 264 Å². The molecule has 4 heterocycles. The molecule has 3 aromatic heterocycles. The summed E-state index contributed by atoms with van der Waals surface area (Å²) in [5.41, 5.74) is -0.185. The number of nitrogens with zero attached hydrogens (tertiary/aromatic N) is 5. The van der Waals surface area contributed by atoms with Crippen LogP contribution in [0.5, 0.6) is 11.5 Å². The van der Waals surface area contributed by atoms with Crippen molar-refractivity contribution >= 4 is 46.9 Å². The minimum Gasteiger partial charge on any atom is -0.456 e. The number of fused-ring (bicyclic) bond motifs is 1. The molecule has 0 unspecified atom stereocenters. The van der Waals surface area contributed by atoms with Crippen molar-refractivity contribution < 1.29 is 27.5 Å². The van der Waals surface area contributed by atoms with Crippen LogP contribution in [0, 0.1) is 0 Å². The SMILES string of the molecule is CN(C)CCCC(=O)N1CCC[C@@H](Nc2n[nH]c3nccc(Oc4ccc(C(=O)Nc5cc(C(F)(F)F)ccn5)cc4)c23)C1.Cl. The van der Waals surface area contributed by atoms with Crippen molar-refractivity contribution in [3.63, 3.8) is 0 Å². The zero-order valence-corrected chi connectivity index (χ0v) is 25.5. The van der Waals surface area contributed by atoms with Gasteiger partial charge in [-0.3, -0.25) is 14.7 Å². The third-order valence-electron chi connectivity index (χ3n) is 7.21. The average molecular weight is 647 g/mol. The Bertz CT molecular complexity index is 1610. The molecule has 0 spiro atoms. The molecule has 1 saturated heterocycles. The van der Waals surface area contributed by atoms with Gasteiger partial charge in [0, 0.05) is 49.6 Å². The standard InChI is InChI=1S/C30H33F3N8O3.ClH/c1-40(2)15-4-6-25(42)41-16-3-5-21(18-41)36-28-26-23(12-14-35-27(26)38-39-28)44-22-9-7-19(8-10-22)29(43)37-24-17-20(11-13-34-24)30(31,32)33;/h7-14,17,21H,3-6,15-16,18H2,1-2H3,(H,34,37,43)(H2,35,36,38,39);1H/t21-;/m1./s1. The monoisotopic (exact) mass is 646 g/mol. The number of carbonyl (C=O) groups is 2. The topological polar surface area (TPSA) is 128 Å². The zero-order valence-electron chi connectivity index (χ0n) is 24.7. The quantitative estimate of drug-likeness (QED) is 0.204. The Balaban J connectivity index is 0.00000461. The molecule has 0 bridgehead atoms. The van der Waals surface area contributed by atoms with Crippen LogP contribution >= 0.6 is 12.4 Å². The van der Waals surface area contributed by atoms with E-state index in [1.54, 1.807) is 24.4 Å². The fourth-order valence-electron chi connectivity index (χ4n) is 5.00. The number of hydrogen-bond donors (Lipinski definition) is 3. The molecule has 1 aliphatic rings. The Hall–Kier alpha value is -4.43. The molecule has 1 aromatic carbocycles. The van der Waals surface area contributed by atoms with Crippen LogP contribution in [0.15, 0.2) is 54.9 Å². The van der Waals surface area contributed by atoms with E-state index < -0.39 is 17.6 Å². The average Bonchev–Trinajstić information content (AvgIpc) is 3.40. The lowest BCUT2D eigenvalue weighted by molar-refractivity contribution is -0.137. The summed E-state index contributed by atoms with van der Waals surface area (Å²) in [6.07, 6.45) is 1.11. The van der Waals surface area contributed by atoms with E-state index >= 15 is 0 Å². The molecule has 15 heteroatoms. The maximum atomic E-state index is 13.0. The highest BCUT2D eigenvalue weighted by Gasteiger charge is 2.31. The Kier molecular flexibility index (Phi) is 10.8. The molecule has 3 N–H and O–H groups in total. The Morgan fingerprint density at radius 2 is 1.87 bits per heavy atom. The predicted molar refractivity (Wildman–Crippen MR) is 166 cm³/mol. The van der Waals surface area contributed by atoms with Crippen LogP contribution in [-0.2, 0) is 11.0 Å². The lowest BCUT2D eigenvalue weighted by Gasteiger charge is -2.33. The minimum atomic E-state index is -4.55. The molecule has 0 aliphatic carbocycles. The van der Waals surface area contributed by atoms with Gasteiger partial charge >= 0.3 is 6.18 Å². The van der Waals surface area contributed by atoms with E-state index in [0.717, 1.165) is 50.7 Å². The number of ether oxygens (including phenoxy) is 1. The number of pyridine rings is 2. The van der Waals surface area contributed by atoms with Crippen molar-refractivity contribution in [1.82, 2.24) is 30.0 Å². The predicted octanol–water partition coefficient (Wildman–Crippen LogP) is 5.58. The highest BCUT2D eigenvalue weighted by molar-refractivity contribution is 6.03. The molecule has 240 valence electrons. The normalized spacial score (nSPS) is 15.1. The van der Waals surface area contributed by atoms with Gasteiger partial charge in [-0.05, 0) is 76.3 Å². The van der Waals surface area contributed by atoms with Crippen LogP contribution in [0.2, 0.25) is 0 Å². The Morgan fingerprint density at radius 1 is 1.11 bits per heavy atom. The summed E-state index contributed by atoms with van der Waals surface area (Å²) < 4.78 is 45.1. The van der Waals surface area contributed by atoms with E-state index in [2.05, 4.69) is 35.7 Å². The highest BCUT2D eigenvalue weighted by Crippen LogP contribution is 2.34. The number of hydrogen-bond acceptors (Lipinski definition) is 8. The smallest absolute Gasteiger partial charge is 0.416 e. The minimum absolute atomic E-state index is 0. The van der Waals surface area contributed by atoms with E-state index in [9.17, 15) is 22.8 Å². The number of nitrogens with one attached hydrogen (secondary N) is 3. The first kappa shape index (κ1) is 33.5. The molecule has 4 aromatic rings. The van der Waals surface area contributed by atoms with Gasteiger partial charge in [-0.2, -0.15) is 18.3 Å². The molecule has 5 rings (SSSR count). The number of alkyl halides is 3. The van der Waals surface area contributed by atoms with E-state index in [-0.39, 0.29) is 35.7 Å². The van der Waals surface area contributed by atoms with Crippen molar-refractivity contribution in [3.8, 4) is 11.5 Å². The molecular formula is C30H34ClF3N8O3. The lowest BCUT2D eigenvalue weighted by Crippen LogP contribution is -2.45. The number of likely N-dealkylation sites (tertiary alicyclic amines) is 1. The van der Waals surface area contributed by atoms with Gasteiger partial charge < -0.3 is 25.2 Å². The fraction of sp³-hybridized carbons (Fsp3) is 0.367. The van der Waals surface area contributed by atoms with Crippen LogP contribution < -0.4 is 15.4 Å². The lowest BCUT2D eigenvalue weighted by atomic mass is 10.0. The first-order valence-corrected chi connectivity index (χ1v) is 14.2. The van der Waals surface area contributed by atoms with Gasteiger partial charge in [0.25, 0.3) is 5.91 Å². The van der Waals surface area contributed by atoms with Crippen LogP contribution in [0.3, 0.4) is 0 Å². The van der Waals surface area contributed by atoms with E-state index in [0.29, 0.717) is 41.3 Å². The molecule has 11 nitrogen and oxygen atoms in total. The summed E-state index contributed by atoms with van der Waals surface area (Å²) in [6.45, 7) is 2.18. The number of aromatic nitrogens is 4. The van der Waals surface area contributed by atoms with E-state index in [1.165, 1.54) is 12.1 Å². The molecule has 0 radical (unpaired) electrons. The Morgan fingerprint density at radius 3 is 2.60 bits per heavy atom. The van der Waals surface area contributed by atoms with E-state index in [4.69, 9.17) is 4.74 Å². The maximum Gasteiger partial charge on any atom is 0.416 e. The van der Waals surface area contributed by atoms with Gasteiger partial charge in [0.15, 0.2) is 11.5 Å².